The van der Waals surface area contributed by atoms with E-state index in [0.717, 1.165) is 12.2 Å². The number of hydrogen-bond donors (Lipinski definition) is 3. The van der Waals surface area contributed by atoms with Crippen LogP contribution in [0.25, 0.3) is 0 Å². The summed E-state index contributed by atoms with van der Waals surface area (Å²) in [5, 5.41) is 14.8. The van der Waals surface area contributed by atoms with E-state index in [9.17, 15) is 0 Å². The highest BCUT2D eigenvalue weighted by atomic mass is 16.5. The van der Waals surface area contributed by atoms with Gasteiger partial charge in [-0.05, 0) is 43.3 Å². The lowest BCUT2D eigenvalue weighted by Crippen LogP contribution is -2.10. The van der Waals surface area contributed by atoms with Crippen molar-refractivity contribution in [2.24, 2.45) is 5.73 Å². The summed E-state index contributed by atoms with van der Waals surface area (Å²) in [6.07, 6.45) is 2.36. The van der Waals surface area contributed by atoms with Gasteiger partial charge in [0.15, 0.2) is 0 Å². The second-order valence-corrected chi connectivity index (χ2v) is 4.99. The summed E-state index contributed by atoms with van der Waals surface area (Å²) in [5.74, 6) is 1.46. The van der Waals surface area contributed by atoms with E-state index in [1.54, 1.807) is 43.5 Å². The second kappa shape index (κ2) is 7.93. The van der Waals surface area contributed by atoms with Crippen LogP contribution in [0.1, 0.15) is 24.6 Å². The van der Waals surface area contributed by atoms with Crippen LogP contribution in [-0.2, 0) is 0 Å². The molecule has 0 aliphatic heterocycles. The predicted octanol–water partition coefficient (Wildman–Crippen LogP) is 2.60. The van der Waals surface area contributed by atoms with E-state index >= 15 is 0 Å². The monoisotopic (exact) mass is 312 g/mol. The number of nitrogens with one attached hydrogen (secondary N) is 2. The van der Waals surface area contributed by atoms with Gasteiger partial charge in [-0.15, -0.1) is 0 Å². The van der Waals surface area contributed by atoms with Crippen LogP contribution in [0.4, 0.5) is 0 Å². The summed E-state index contributed by atoms with van der Waals surface area (Å²) < 4.78 is 11.2. The summed E-state index contributed by atoms with van der Waals surface area (Å²) in [6.45, 7) is 2.75. The van der Waals surface area contributed by atoms with Crippen molar-refractivity contribution < 1.29 is 9.47 Å². The summed E-state index contributed by atoms with van der Waals surface area (Å²) in [6, 6.07) is 10.7. The van der Waals surface area contributed by atoms with Crippen molar-refractivity contribution in [1.29, 1.82) is 10.8 Å². The molecule has 120 valence electrons. The smallest absolute Gasteiger partial charge is 0.137 e. The highest BCUT2D eigenvalue weighted by Gasteiger charge is 2.00. The van der Waals surface area contributed by atoms with Crippen molar-refractivity contribution in [3.05, 3.63) is 53.9 Å². The first-order chi connectivity index (χ1) is 11.1. The molecule has 6 heteroatoms. The van der Waals surface area contributed by atoms with Crippen molar-refractivity contribution in [2.75, 3.05) is 13.2 Å². The lowest BCUT2D eigenvalue weighted by Gasteiger charge is -2.08. The van der Waals surface area contributed by atoms with Gasteiger partial charge in [0.1, 0.15) is 17.3 Å². The van der Waals surface area contributed by atoms with Crippen LogP contribution in [0.3, 0.4) is 0 Å². The number of ether oxygens (including phenoxy) is 2. The first-order valence-corrected chi connectivity index (χ1v) is 7.28. The van der Waals surface area contributed by atoms with Crippen LogP contribution in [-0.4, -0.2) is 29.7 Å². The van der Waals surface area contributed by atoms with Gasteiger partial charge in [-0.2, -0.15) is 0 Å². The van der Waals surface area contributed by atoms with Gasteiger partial charge in [0.25, 0.3) is 0 Å². The van der Waals surface area contributed by atoms with Gasteiger partial charge in [0.05, 0.1) is 30.8 Å². The van der Waals surface area contributed by atoms with E-state index in [2.05, 4.69) is 4.98 Å². The van der Waals surface area contributed by atoms with Gasteiger partial charge in [-0.3, -0.25) is 10.4 Å². The Kier molecular flexibility index (Phi) is 5.68. The highest BCUT2D eigenvalue weighted by Crippen LogP contribution is 2.13. The third-order valence-electron chi connectivity index (χ3n) is 3.11. The van der Waals surface area contributed by atoms with E-state index in [0.29, 0.717) is 35.9 Å². The zero-order valence-electron chi connectivity index (χ0n) is 13.0. The molecule has 1 aromatic heterocycles. The number of aromatic nitrogens is 1. The molecule has 0 amide bonds. The quantitative estimate of drug-likeness (QED) is 0.396. The Morgan fingerprint density at radius 1 is 1.00 bits per heavy atom. The number of benzene rings is 1. The van der Waals surface area contributed by atoms with Crippen molar-refractivity contribution in [2.45, 2.75) is 13.3 Å². The Morgan fingerprint density at radius 2 is 1.61 bits per heavy atom. The Morgan fingerprint density at radius 3 is 2.13 bits per heavy atom. The lowest BCUT2D eigenvalue weighted by atomic mass is 10.2. The number of rotatable bonds is 8. The van der Waals surface area contributed by atoms with Gasteiger partial charge in [0, 0.05) is 12.0 Å². The minimum atomic E-state index is 0.0442. The molecule has 6 nitrogen and oxygen atoms in total. The van der Waals surface area contributed by atoms with E-state index in [4.69, 9.17) is 26.0 Å². The fraction of sp³-hybridized carbons (Fsp3) is 0.235. The van der Waals surface area contributed by atoms with Crippen molar-refractivity contribution in [3.8, 4) is 11.5 Å². The molecular formula is C17H20N4O2. The molecule has 0 fully saturated rings. The van der Waals surface area contributed by atoms with Crippen molar-refractivity contribution >= 4 is 11.5 Å². The lowest BCUT2D eigenvalue weighted by molar-refractivity contribution is 0.247. The van der Waals surface area contributed by atoms with Gasteiger partial charge < -0.3 is 20.6 Å². The summed E-state index contributed by atoms with van der Waals surface area (Å²) in [5.41, 5.74) is 7.15. The number of nitrogen functional groups attached to an aromatic ring is 1. The maximum Gasteiger partial charge on any atom is 0.137 e. The summed E-state index contributed by atoms with van der Waals surface area (Å²) in [7, 11) is 0. The number of amidine groups is 1. The minimum absolute atomic E-state index is 0.0442. The average Bonchev–Trinajstić information content (AvgIpc) is 2.55. The van der Waals surface area contributed by atoms with Crippen molar-refractivity contribution in [1.82, 2.24) is 4.98 Å². The van der Waals surface area contributed by atoms with Crippen LogP contribution in [0.2, 0.25) is 0 Å². The molecule has 0 aliphatic carbocycles. The number of pyridine rings is 1. The standard InChI is InChI=1S/C17H20N4O2/c1-12(18)16-8-7-15(11-21-16)23-10-2-9-22-14-5-3-13(4-6-14)17(19)20/h3-8,11,18H,2,9-10H2,1H3,(H3,19,20). The number of nitrogens with zero attached hydrogens (tertiary/aromatic N) is 1. The Bertz CT molecular complexity index is 606. The first kappa shape index (κ1) is 16.5. The molecule has 0 saturated heterocycles. The topological polar surface area (TPSA) is 105 Å². The first-order valence-electron chi connectivity index (χ1n) is 7.28. The third kappa shape index (κ3) is 5.10. The van der Waals surface area contributed by atoms with Crippen LogP contribution >= 0.6 is 0 Å². The second-order valence-electron chi connectivity index (χ2n) is 4.99. The molecule has 0 atom stereocenters. The van der Waals surface area contributed by atoms with Gasteiger partial charge in [-0.1, -0.05) is 0 Å². The van der Waals surface area contributed by atoms with E-state index in [-0.39, 0.29) is 5.84 Å². The minimum Gasteiger partial charge on any atom is -0.493 e. The molecule has 0 saturated carbocycles. The van der Waals surface area contributed by atoms with Crippen molar-refractivity contribution in [3.63, 3.8) is 0 Å². The Balaban J connectivity index is 1.69. The highest BCUT2D eigenvalue weighted by molar-refractivity contribution is 5.95. The van der Waals surface area contributed by atoms with Crippen LogP contribution in [0.5, 0.6) is 11.5 Å². The number of nitrogens with two attached hydrogens (primary N) is 1. The molecule has 0 unspecified atom stereocenters. The largest absolute Gasteiger partial charge is 0.493 e. The molecule has 1 heterocycles. The maximum atomic E-state index is 7.48. The van der Waals surface area contributed by atoms with Crippen LogP contribution in [0, 0.1) is 10.8 Å². The average molecular weight is 312 g/mol. The molecular weight excluding hydrogens is 292 g/mol. The third-order valence-corrected chi connectivity index (χ3v) is 3.11. The molecule has 0 aliphatic rings. The van der Waals surface area contributed by atoms with Gasteiger partial charge in [0.2, 0.25) is 0 Å². The summed E-state index contributed by atoms with van der Waals surface area (Å²) in [4.78, 5) is 4.14. The molecule has 0 radical (unpaired) electrons. The SMILES string of the molecule is CC(=N)c1ccc(OCCCOc2ccc(C(=N)N)cc2)cn1. The molecule has 0 spiro atoms. The van der Waals surface area contributed by atoms with E-state index in [1.165, 1.54) is 0 Å². The molecule has 2 rings (SSSR count). The van der Waals surface area contributed by atoms with Crippen LogP contribution < -0.4 is 15.2 Å². The normalized spacial score (nSPS) is 10.1. The zero-order valence-corrected chi connectivity index (χ0v) is 13.0. The Labute approximate surface area is 135 Å². The molecule has 23 heavy (non-hydrogen) atoms. The molecule has 0 bridgehead atoms. The van der Waals surface area contributed by atoms with Crippen LogP contribution in [0.15, 0.2) is 42.6 Å². The molecule has 4 N–H and O–H groups in total. The fourth-order valence-corrected chi connectivity index (χ4v) is 1.86. The fourth-order valence-electron chi connectivity index (χ4n) is 1.86. The summed E-state index contributed by atoms with van der Waals surface area (Å²) >= 11 is 0. The zero-order chi connectivity index (χ0) is 16.7. The van der Waals surface area contributed by atoms with Gasteiger partial charge >= 0.3 is 0 Å². The maximum absolute atomic E-state index is 7.48. The predicted molar refractivity (Wildman–Crippen MR) is 89.8 cm³/mol. The molecule has 1 aromatic carbocycles. The van der Waals surface area contributed by atoms with Gasteiger partial charge in [-0.25, -0.2) is 0 Å². The van der Waals surface area contributed by atoms with E-state index in [1.807, 2.05) is 6.07 Å². The Hall–Kier alpha value is -2.89. The number of hydrogen-bond acceptors (Lipinski definition) is 5. The molecule has 2 aromatic rings. The van der Waals surface area contributed by atoms with E-state index < -0.39 is 0 Å².